The van der Waals surface area contributed by atoms with Crippen molar-refractivity contribution < 1.29 is 4.79 Å². The molecular formula is C14H9N5OS. The fourth-order valence-corrected chi connectivity index (χ4v) is 2.24. The van der Waals surface area contributed by atoms with Crippen molar-refractivity contribution in [1.29, 1.82) is 10.5 Å². The molecule has 0 radical (unpaired) electrons. The Kier molecular flexibility index (Phi) is 4.39. The first-order valence-corrected chi connectivity index (χ1v) is 6.63. The summed E-state index contributed by atoms with van der Waals surface area (Å²) in [5, 5.41) is 26.2. The Balaban J connectivity index is 2.22. The predicted octanol–water partition coefficient (Wildman–Crippen LogP) is 3.50. The van der Waals surface area contributed by atoms with Gasteiger partial charge in [-0.2, -0.15) is 10.5 Å². The van der Waals surface area contributed by atoms with Gasteiger partial charge >= 0.3 is 0 Å². The molecule has 1 amide bonds. The number of benzene rings is 1. The van der Waals surface area contributed by atoms with Crippen LogP contribution in [0.2, 0.25) is 0 Å². The number of amides is 1. The summed E-state index contributed by atoms with van der Waals surface area (Å²) in [4.78, 5) is 12.5. The maximum atomic E-state index is 10.6. The van der Waals surface area contributed by atoms with Crippen molar-refractivity contribution in [3.05, 3.63) is 40.8 Å². The van der Waals surface area contributed by atoms with Gasteiger partial charge in [0.15, 0.2) is 5.00 Å². The van der Waals surface area contributed by atoms with E-state index < -0.39 is 0 Å². The van der Waals surface area contributed by atoms with Crippen molar-refractivity contribution >= 4 is 34.1 Å². The predicted molar refractivity (Wildman–Crippen MR) is 78.8 cm³/mol. The van der Waals surface area contributed by atoms with Crippen LogP contribution in [0.25, 0.3) is 0 Å². The lowest BCUT2D eigenvalue weighted by atomic mass is 10.3. The number of hydrogen-bond acceptors (Lipinski definition) is 6. The number of hydrogen-bond donors (Lipinski definition) is 0. The molecule has 0 atom stereocenters. The van der Waals surface area contributed by atoms with E-state index in [0.29, 0.717) is 27.5 Å². The molecule has 0 saturated heterocycles. The number of anilines is 1. The summed E-state index contributed by atoms with van der Waals surface area (Å²) in [6.07, 6.45) is 0.713. The summed E-state index contributed by atoms with van der Waals surface area (Å²) in [6.45, 7) is 0. The fraction of sp³-hybridized carbons (Fsp3) is 0.0714. The smallest absolute Gasteiger partial charge is 0.213 e. The van der Waals surface area contributed by atoms with Crippen LogP contribution in [0.4, 0.5) is 16.4 Å². The molecule has 7 heteroatoms. The lowest BCUT2D eigenvalue weighted by molar-refractivity contribution is -0.107. The highest BCUT2D eigenvalue weighted by Crippen LogP contribution is 2.31. The lowest BCUT2D eigenvalue weighted by Crippen LogP contribution is -2.12. The number of thiophene rings is 1. The molecular weight excluding hydrogens is 286 g/mol. The van der Waals surface area contributed by atoms with Crippen LogP contribution in [-0.4, -0.2) is 13.5 Å². The van der Waals surface area contributed by atoms with Gasteiger partial charge in [0, 0.05) is 12.7 Å². The third kappa shape index (κ3) is 3.30. The van der Waals surface area contributed by atoms with Crippen LogP contribution in [0.3, 0.4) is 0 Å². The molecule has 21 heavy (non-hydrogen) atoms. The number of azo groups is 1. The minimum absolute atomic E-state index is 0.331. The van der Waals surface area contributed by atoms with Crippen LogP contribution in [0.15, 0.2) is 40.6 Å². The van der Waals surface area contributed by atoms with E-state index in [4.69, 9.17) is 10.5 Å². The van der Waals surface area contributed by atoms with E-state index in [1.807, 2.05) is 12.1 Å². The quantitative estimate of drug-likeness (QED) is 0.638. The number of nitrogens with zero attached hydrogens (tertiary/aromatic N) is 5. The molecule has 0 bridgehead atoms. The third-order valence-corrected chi connectivity index (χ3v) is 3.54. The highest BCUT2D eigenvalue weighted by Gasteiger charge is 2.07. The summed E-state index contributed by atoms with van der Waals surface area (Å²) in [5.41, 5.74) is 1.66. The molecule has 0 aliphatic rings. The molecule has 0 fully saturated rings. The molecule has 0 aliphatic carbocycles. The standard InChI is InChI=1S/C14H9N5OS/c1-19(9-20)12-4-2-11(3-5-12)17-18-14-10(7-15)6-13(8-16)21-14/h2-6,9H,1H3/b18-17+. The van der Waals surface area contributed by atoms with Crippen molar-refractivity contribution in [2.75, 3.05) is 11.9 Å². The minimum atomic E-state index is 0.331. The average molecular weight is 295 g/mol. The van der Waals surface area contributed by atoms with Gasteiger partial charge < -0.3 is 4.90 Å². The van der Waals surface area contributed by atoms with Crippen molar-refractivity contribution in [3.63, 3.8) is 0 Å². The van der Waals surface area contributed by atoms with Crippen molar-refractivity contribution in [2.24, 2.45) is 10.2 Å². The number of rotatable bonds is 4. The van der Waals surface area contributed by atoms with Crippen molar-refractivity contribution in [1.82, 2.24) is 0 Å². The first kappa shape index (κ1) is 14.4. The molecule has 1 aromatic carbocycles. The monoisotopic (exact) mass is 295 g/mol. The molecule has 0 N–H and O–H groups in total. The van der Waals surface area contributed by atoms with Crippen molar-refractivity contribution in [2.45, 2.75) is 0 Å². The molecule has 1 aromatic heterocycles. The fourth-order valence-electron chi connectivity index (χ4n) is 1.51. The highest BCUT2D eigenvalue weighted by molar-refractivity contribution is 7.16. The van der Waals surface area contributed by atoms with Crippen LogP contribution in [0.1, 0.15) is 10.4 Å². The van der Waals surface area contributed by atoms with Gasteiger partial charge in [0.2, 0.25) is 6.41 Å². The van der Waals surface area contributed by atoms with E-state index >= 15 is 0 Å². The zero-order valence-corrected chi connectivity index (χ0v) is 11.8. The second-order valence-corrected chi connectivity index (χ2v) is 5.02. The summed E-state index contributed by atoms with van der Waals surface area (Å²) in [7, 11) is 1.65. The number of nitriles is 2. The van der Waals surface area contributed by atoms with Gasteiger partial charge in [-0.15, -0.1) is 21.6 Å². The van der Waals surface area contributed by atoms with E-state index in [1.54, 1.807) is 31.3 Å². The second-order valence-electron chi connectivity index (χ2n) is 3.99. The zero-order valence-electron chi connectivity index (χ0n) is 11.0. The first-order valence-electron chi connectivity index (χ1n) is 5.82. The summed E-state index contributed by atoms with van der Waals surface area (Å²) < 4.78 is 0. The first-order chi connectivity index (χ1) is 10.2. The molecule has 0 unspecified atom stereocenters. The Morgan fingerprint density at radius 3 is 2.48 bits per heavy atom. The van der Waals surface area contributed by atoms with Gasteiger partial charge in [-0.25, -0.2) is 0 Å². The normalized spacial score (nSPS) is 10.0. The number of carbonyl (C=O) groups excluding carboxylic acids is 1. The molecule has 2 rings (SSSR count). The van der Waals surface area contributed by atoms with E-state index in [1.165, 1.54) is 11.0 Å². The van der Waals surface area contributed by atoms with Gasteiger partial charge in [-0.05, 0) is 30.3 Å². The van der Waals surface area contributed by atoms with Gasteiger partial charge in [-0.1, -0.05) is 0 Å². The Morgan fingerprint density at radius 1 is 1.19 bits per heavy atom. The van der Waals surface area contributed by atoms with Crippen LogP contribution in [0.5, 0.6) is 0 Å². The zero-order chi connectivity index (χ0) is 15.2. The Morgan fingerprint density at radius 2 is 1.90 bits per heavy atom. The molecule has 0 aliphatic heterocycles. The second kappa shape index (κ2) is 6.42. The maximum Gasteiger partial charge on any atom is 0.213 e. The molecule has 0 saturated carbocycles. The summed E-state index contributed by atoms with van der Waals surface area (Å²) >= 11 is 1.12. The Bertz CT molecular complexity index is 764. The van der Waals surface area contributed by atoms with E-state index in [0.717, 1.165) is 17.0 Å². The van der Waals surface area contributed by atoms with E-state index in [2.05, 4.69) is 10.2 Å². The van der Waals surface area contributed by atoms with Gasteiger partial charge in [0.1, 0.15) is 17.0 Å². The average Bonchev–Trinajstić information content (AvgIpc) is 2.95. The van der Waals surface area contributed by atoms with E-state index in [9.17, 15) is 4.79 Å². The van der Waals surface area contributed by atoms with Crippen LogP contribution >= 0.6 is 11.3 Å². The largest absolute Gasteiger partial charge is 0.318 e. The maximum absolute atomic E-state index is 10.6. The van der Waals surface area contributed by atoms with Gasteiger partial charge in [0.25, 0.3) is 0 Å². The van der Waals surface area contributed by atoms with Crippen LogP contribution in [-0.2, 0) is 4.79 Å². The molecule has 1 heterocycles. The van der Waals surface area contributed by atoms with Gasteiger partial charge in [-0.3, -0.25) is 4.79 Å². The molecule has 2 aromatic rings. The third-order valence-electron chi connectivity index (χ3n) is 2.61. The molecule has 6 nitrogen and oxygen atoms in total. The Hall–Kier alpha value is -3.03. The van der Waals surface area contributed by atoms with Crippen LogP contribution < -0.4 is 4.90 Å². The topological polar surface area (TPSA) is 92.6 Å². The van der Waals surface area contributed by atoms with Gasteiger partial charge in [0.05, 0.1) is 11.3 Å². The Labute approximate surface area is 125 Å². The highest BCUT2D eigenvalue weighted by atomic mass is 32.1. The SMILES string of the molecule is CN(C=O)c1ccc(/N=N/c2sc(C#N)cc2C#N)cc1. The summed E-state index contributed by atoms with van der Waals surface area (Å²) in [5.74, 6) is 0. The molecule has 0 spiro atoms. The number of carbonyl (C=O) groups is 1. The lowest BCUT2D eigenvalue weighted by Gasteiger charge is -2.09. The minimum Gasteiger partial charge on any atom is -0.318 e. The van der Waals surface area contributed by atoms with Crippen molar-refractivity contribution in [3.8, 4) is 12.1 Å². The molecule has 102 valence electrons. The van der Waals surface area contributed by atoms with Crippen LogP contribution in [0, 0.1) is 22.7 Å². The summed E-state index contributed by atoms with van der Waals surface area (Å²) in [6, 6.07) is 12.3. The van der Waals surface area contributed by atoms with E-state index in [-0.39, 0.29) is 0 Å².